The number of imide groups is 2. The average molecular weight is 626 g/mol. The Morgan fingerprint density at radius 1 is 0.935 bits per heavy atom. The van der Waals surface area contributed by atoms with E-state index < -0.39 is 29.7 Å². The molecule has 0 aliphatic carbocycles. The van der Waals surface area contributed by atoms with E-state index >= 15 is 0 Å². The number of hydrogen-bond acceptors (Lipinski definition) is 9. The van der Waals surface area contributed by atoms with Crippen LogP contribution in [-0.4, -0.2) is 83.3 Å². The standard InChI is InChI=1S/C34H35N5O7/c40-22(8-6-21-7-9-23-25-20-35-13-12-26(25)37-28(23)19-21)3-2-15-45-17-18-46-16-14-36-27-5-1-4-24-31(27)34(44)39(33(24)43)29-10-11-30(41)38-32(29)42/h1,4-5,7,9,12-13,19-20,29,36-37H,2-3,6,8,10-11,14-18H2,(H,38,41,42). The van der Waals surface area contributed by atoms with Gasteiger partial charge in [0.15, 0.2) is 0 Å². The fraction of sp³-hybridized carbons (Fsp3) is 0.353. The molecule has 0 radical (unpaired) electrons. The highest BCUT2D eigenvalue weighted by molar-refractivity contribution is 6.25. The van der Waals surface area contributed by atoms with Crippen molar-refractivity contribution < 1.29 is 33.4 Å². The molecule has 2 aliphatic heterocycles. The van der Waals surface area contributed by atoms with Gasteiger partial charge >= 0.3 is 0 Å². The van der Waals surface area contributed by atoms with E-state index in [4.69, 9.17) is 9.47 Å². The van der Waals surface area contributed by atoms with Crippen molar-refractivity contribution in [2.75, 3.05) is 38.3 Å². The number of nitrogens with one attached hydrogen (secondary N) is 3. The topological polar surface area (TPSA) is 160 Å². The summed E-state index contributed by atoms with van der Waals surface area (Å²) in [6, 6.07) is 12.1. The average Bonchev–Trinajstić information content (AvgIpc) is 3.55. The number of nitrogens with zero attached hydrogens (tertiary/aromatic N) is 2. The lowest BCUT2D eigenvalue weighted by Gasteiger charge is -2.27. The zero-order valence-electron chi connectivity index (χ0n) is 25.3. The molecule has 0 spiro atoms. The van der Waals surface area contributed by atoms with Crippen molar-refractivity contribution in [1.29, 1.82) is 0 Å². The number of pyridine rings is 1. The van der Waals surface area contributed by atoms with Crippen LogP contribution in [0.4, 0.5) is 5.69 Å². The number of aromatic amines is 1. The number of hydrogen-bond donors (Lipinski definition) is 3. The van der Waals surface area contributed by atoms with Crippen molar-refractivity contribution in [3.63, 3.8) is 0 Å². The lowest BCUT2D eigenvalue weighted by atomic mass is 10.0. The van der Waals surface area contributed by atoms with Gasteiger partial charge in [0.05, 0.1) is 30.9 Å². The van der Waals surface area contributed by atoms with E-state index in [1.807, 2.05) is 12.3 Å². The lowest BCUT2D eigenvalue weighted by molar-refractivity contribution is -0.136. The van der Waals surface area contributed by atoms with Gasteiger partial charge in [0.1, 0.15) is 11.8 Å². The number of piperidine rings is 1. The number of aryl methyl sites for hydroxylation is 1. The number of anilines is 1. The van der Waals surface area contributed by atoms with E-state index in [9.17, 15) is 24.0 Å². The molecule has 6 rings (SSSR count). The number of Topliss-reactive ketones (excluding diaryl/α,β-unsaturated/α-hetero) is 1. The van der Waals surface area contributed by atoms with Crippen LogP contribution in [-0.2, 0) is 30.3 Å². The Morgan fingerprint density at radius 3 is 2.63 bits per heavy atom. The summed E-state index contributed by atoms with van der Waals surface area (Å²) in [6.45, 7) is 1.96. The summed E-state index contributed by atoms with van der Waals surface area (Å²) in [5, 5.41) is 7.56. The zero-order chi connectivity index (χ0) is 32.0. The van der Waals surface area contributed by atoms with Gasteiger partial charge in [0, 0.05) is 72.3 Å². The molecule has 12 heteroatoms. The summed E-state index contributed by atoms with van der Waals surface area (Å²) in [4.78, 5) is 70.9. The molecule has 0 bridgehead atoms. The Kier molecular flexibility index (Phi) is 9.46. The molecule has 4 amide bonds. The number of carbonyl (C=O) groups excluding carboxylic acids is 5. The van der Waals surface area contributed by atoms with Gasteiger partial charge < -0.3 is 19.8 Å². The minimum Gasteiger partial charge on any atom is -0.382 e. The van der Waals surface area contributed by atoms with Gasteiger partial charge in [-0.1, -0.05) is 18.2 Å². The number of rotatable bonds is 15. The number of ketones is 1. The van der Waals surface area contributed by atoms with Gasteiger partial charge in [0.2, 0.25) is 11.8 Å². The number of amides is 4. The molecule has 4 heterocycles. The molecule has 1 fully saturated rings. The Bertz CT molecular complexity index is 1820. The smallest absolute Gasteiger partial charge is 0.264 e. The molecule has 4 aromatic rings. The minimum atomic E-state index is -1.01. The third kappa shape index (κ3) is 6.68. The van der Waals surface area contributed by atoms with Gasteiger partial charge in [-0.05, 0) is 49.1 Å². The van der Waals surface area contributed by atoms with E-state index in [0.29, 0.717) is 64.3 Å². The number of fused-ring (bicyclic) bond motifs is 4. The minimum absolute atomic E-state index is 0.0670. The van der Waals surface area contributed by atoms with Crippen LogP contribution in [0.15, 0.2) is 54.9 Å². The van der Waals surface area contributed by atoms with Crippen LogP contribution in [0.25, 0.3) is 21.8 Å². The van der Waals surface area contributed by atoms with Crippen LogP contribution in [0.5, 0.6) is 0 Å². The summed E-state index contributed by atoms with van der Waals surface area (Å²) in [5.74, 6) is -1.96. The number of H-pyrrole nitrogens is 1. The first-order valence-electron chi connectivity index (χ1n) is 15.5. The molecule has 12 nitrogen and oxygen atoms in total. The second-order valence-corrected chi connectivity index (χ2v) is 11.4. The van der Waals surface area contributed by atoms with Crippen LogP contribution in [0.1, 0.15) is 58.4 Å². The first kappa shape index (κ1) is 31.1. The highest BCUT2D eigenvalue weighted by Crippen LogP contribution is 2.32. The maximum atomic E-state index is 13.2. The molecule has 3 N–H and O–H groups in total. The fourth-order valence-electron chi connectivity index (χ4n) is 5.97. The molecular formula is C34H35N5O7. The highest BCUT2D eigenvalue weighted by Gasteiger charge is 2.45. The Balaban J connectivity index is 0.847. The number of benzene rings is 2. The predicted octanol–water partition coefficient (Wildman–Crippen LogP) is 3.54. The van der Waals surface area contributed by atoms with Crippen molar-refractivity contribution in [1.82, 2.24) is 20.2 Å². The van der Waals surface area contributed by atoms with Gasteiger partial charge in [-0.25, -0.2) is 0 Å². The van der Waals surface area contributed by atoms with Crippen LogP contribution >= 0.6 is 0 Å². The Labute approximate surface area is 264 Å². The second-order valence-electron chi connectivity index (χ2n) is 11.4. The number of aromatic nitrogens is 2. The van der Waals surface area contributed by atoms with Gasteiger partial charge in [0.25, 0.3) is 11.8 Å². The van der Waals surface area contributed by atoms with Gasteiger partial charge in [-0.15, -0.1) is 0 Å². The largest absolute Gasteiger partial charge is 0.382 e. The molecule has 1 unspecified atom stereocenters. The highest BCUT2D eigenvalue weighted by atomic mass is 16.5. The predicted molar refractivity (Wildman–Crippen MR) is 169 cm³/mol. The van der Waals surface area contributed by atoms with E-state index in [0.717, 1.165) is 32.3 Å². The molecule has 2 aromatic heterocycles. The second kappa shape index (κ2) is 14.0. The molecule has 238 valence electrons. The zero-order valence-corrected chi connectivity index (χ0v) is 25.3. The molecule has 0 saturated carbocycles. The molecule has 2 aliphatic rings. The van der Waals surface area contributed by atoms with Crippen LogP contribution < -0.4 is 10.6 Å². The Morgan fingerprint density at radius 2 is 1.78 bits per heavy atom. The normalized spacial score (nSPS) is 16.3. The van der Waals surface area contributed by atoms with E-state index in [1.54, 1.807) is 24.4 Å². The number of ether oxygens (including phenoxy) is 2. The summed E-state index contributed by atoms with van der Waals surface area (Å²) in [5.41, 5.74) is 4.13. The third-order valence-corrected chi connectivity index (χ3v) is 8.30. The molecule has 2 aromatic carbocycles. The maximum absolute atomic E-state index is 13.2. The molecular weight excluding hydrogens is 590 g/mol. The first-order valence-corrected chi connectivity index (χ1v) is 15.5. The SMILES string of the molecule is O=C(CCCOCCOCCNc1cccc2c1C(=O)N(C1CCC(=O)NC1=O)C2=O)CCc1ccc2c(c1)[nH]c1ccncc12. The first-order chi connectivity index (χ1) is 22.4. The molecule has 46 heavy (non-hydrogen) atoms. The summed E-state index contributed by atoms with van der Waals surface area (Å²) in [6.07, 6.45) is 6.09. The van der Waals surface area contributed by atoms with Crippen molar-refractivity contribution in [2.45, 2.75) is 44.6 Å². The molecule has 1 saturated heterocycles. The summed E-state index contributed by atoms with van der Waals surface area (Å²) < 4.78 is 11.2. The third-order valence-electron chi connectivity index (χ3n) is 8.30. The molecule has 1 atom stereocenters. The van der Waals surface area contributed by atoms with Crippen LogP contribution in [0.2, 0.25) is 0 Å². The van der Waals surface area contributed by atoms with Crippen LogP contribution in [0.3, 0.4) is 0 Å². The van der Waals surface area contributed by atoms with E-state index in [2.05, 4.69) is 38.8 Å². The van der Waals surface area contributed by atoms with Gasteiger partial charge in [-0.2, -0.15) is 0 Å². The number of carbonyl (C=O) groups is 5. The van der Waals surface area contributed by atoms with E-state index in [-0.39, 0.29) is 29.8 Å². The van der Waals surface area contributed by atoms with Gasteiger partial charge in [-0.3, -0.25) is 39.2 Å². The lowest BCUT2D eigenvalue weighted by Crippen LogP contribution is -2.54. The Hall–Kier alpha value is -4.94. The maximum Gasteiger partial charge on any atom is 0.264 e. The van der Waals surface area contributed by atoms with Crippen molar-refractivity contribution in [3.05, 3.63) is 71.5 Å². The summed E-state index contributed by atoms with van der Waals surface area (Å²) in [7, 11) is 0. The van der Waals surface area contributed by atoms with Crippen molar-refractivity contribution >= 4 is 56.9 Å². The van der Waals surface area contributed by atoms with Crippen LogP contribution in [0, 0.1) is 0 Å². The van der Waals surface area contributed by atoms with Crippen molar-refractivity contribution in [2.24, 2.45) is 0 Å². The van der Waals surface area contributed by atoms with Crippen molar-refractivity contribution in [3.8, 4) is 0 Å². The summed E-state index contributed by atoms with van der Waals surface area (Å²) >= 11 is 0. The van der Waals surface area contributed by atoms with E-state index in [1.165, 1.54) is 0 Å². The fourth-order valence-corrected chi connectivity index (χ4v) is 5.97. The monoisotopic (exact) mass is 625 g/mol. The quantitative estimate of drug-likeness (QED) is 0.133.